The molecule has 0 aliphatic carbocycles. The number of nitrogens with two attached hydrogens (primary N) is 1. The van der Waals surface area contributed by atoms with E-state index in [1.54, 1.807) is 0 Å². The molecule has 3 rings (SSSR count). The first-order chi connectivity index (χ1) is 17.7. The summed E-state index contributed by atoms with van der Waals surface area (Å²) in [4.78, 5) is 26.2. The number of carbonyl (C=O) groups excluding carboxylic acids is 2. The summed E-state index contributed by atoms with van der Waals surface area (Å²) < 4.78 is 25.0. The van der Waals surface area contributed by atoms with Gasteiger partial charge in [-0.2, -0.15) is 0 Å². The fourth-order valence-electron chi connectivity index (χ4n) is 4.82. The molecule has 1 saturated heterocycles. The molecule has 1 unspecified atom stereocenters. The number of imidazole rings is 1. The second-order valence-corrected chi connectivity index (χ2v) is 9.24. The van der Waals surface area contributed by atoms with Gasteiger partial charge in [0.25, 0.3) is 18.2 Å². The van der Waals surface area contributed by atoms with Crippen LogP contribution in [0, 0.1) is 0 Å². The molecule has 0 radical (unpaired) electrons. The van der Waals surface area contributed by atoms with Gasteiger partial charge in [-0.15, -0.1) is 0 Å². The molecule has 1 aliphatic heterocycles. The Morgan fingerprint density at radius 2 is 2.00 bits per heavy atom. The molecule has 1 fully saturated rings. The fourth-order valence-corrected chi connectivity index (χ4v) is 4.82. The zero-order chi connectivity index (χ0) is 27.5. The van der Waals surface area contributed by atoms with Crippen LogP contribution in [0.3, 0.4) is 0 Å². The van der Waals surface area contributed by atoms with Crippen LogP contribution in [0.1, 0.15) is 62.1 Å². The zero-order valence-electron chi connectivity index (χ0n) is 22.2. The van der Waals surface area contributed by atoms with E-state index in [-0.39, 0.29) is 18.6 Å². The van der Waals surface area contributed by atoms with Gasteiger partial charge in [-0.05, 0) is 19.8 Å². The number of β-amino-alcohol motifs (C(OH)–C–C–N with tert-alkyl or cyclic N) is 1. The number of hydrogen-bond acceptors (Lipinski definition) is 6. The number of halogens is 2. The van der Waals surface area contributed by atoms with Crippen molar-refractivity contribution in [2.45, 2.75) is 78.1 Å². The van der Waals surface area contributed by atoms with Gasteiger partial charge in [0.2, 0.25) is 0 Å². The number of aromatic nitrogens is 2. The van der Waals surface area contributed by atoms with Crippen LogP contribution >= 0.6 is 0 Å². The van der Waals surface area contributed by atoms with Gasteiger partial charge >= 0.3 is 0 Å². The lowest BCUT2D eigenvalue weighted by molar-refractivity contribution is -0.681. The van der Waals surface area contributed by atoms with E-state index in [2.05, 4.69) is 27.9 Å². The Labute approximate surface area is 217 Å². The number of amides is 1. The third kappa shape index (κ3) is 7.68. The van der Waals surface area contributed by atoms with E-state index in [1.165, 1.54) is 12.8 Å². The van der Waals surface area contributed by atoms with Gasteiger partial charge in [-0.25, -0.2) is 17.9 Å². The molecule has 0 spiro atoms. The highest BCUT2D eigenvalue weighted by molar-refractivity contribution is 6.03. The van der Waals surface area contributed by atoms with Crippen LogP contribution < -0.4 is 15.2 Å². The lowest BCUT2D eigenvalue weighted by Crippen LogP contribution is -2.41. The van der Waals surface area contributed by atoms with Crippen LogP contribution in [-0.2, 0) is 24.4 Å². The molecule has 9 nitrogen and oxygen atoms in total. The Balaban J connectivity index is 0.000000877. The van der Waals surface area contributed by atoms with Crippen molar-refractivity contribution in [2.24, 2.45) is 5.73 Å². The number of hydrogen-bond donors (Lipinski definition) is 3. The molecule has 0 bridgehead atoms. The highest BCUT2D eigenvalue weighted by Gasteiger charge is 2.31. The molecule has 1 aromatic heterocycles. The summed E-state index contributed by atoms with van der Waals surface area (Å²) in [7, 11) is 1.87. The van der Waals surface area contributed by atoms with Crippen molar-refractivity contribution >= 4 is 28.9 Å². The summed E-state index contributed by atoms with van der Waals surface area (Å²) in [6.45, 7) is 7.74. The number of aliphatic hydroxyl groups excluding tert-OH is 2. The molecule has 4 N–H and O–H groups in total. The summed E-state index contributed by atoms with van der Waals surface area (Å²) in [5, 5.41) is 19.8. The van der Waals surface area contributed by atoms with E-state index in [0.29, 0.717) is 38.2 Å². The van der Waals surface area contributed by atoms with E-state index in [0.717, 1.165) is 48.5 Å². The zero-order valence-corrected chi connectivity index (χ0v) is 22.2. The van der Waals surface area contributed by atoms with Gasteiger partial charge in [-0.1, -0.05) is 26.2 Å². The molecular weight excluding hydrogens is 484 g/mol. The van der Waals surface area contributed by atoms with Gasteiger partial charge in [0.05, 0.1) is 37.1 Å². The van der Waals surface area contributed by atoms with Crippen LogP contribution in [0.2, 0.25) is 0 Å². The topological polar surface area (TPSA) is 116 Å². The van der Waals surface area contributed by atoms with Crippen molar-refractivity contribution in [3.05, 3.63) is 23.5 Å². The summed E-state index contributed by atoms with van der Waals surface area (Å²) in [6, 6.07) is 4.03. The lowest BCUT2D eigenvalue weighted by atomic mass is 10.1. The number of aldehydes is 1. The van der Waals surface area contributed by atoms with Crippen LogP contribution in [0.25, 0.3) is 11.0 Å². The molecule has 1 atom stereocenters. The van der Waals surface area contributed by atoms with Crippen molar-refractivity contribution < 1.29 is 33.2 Å². The maximum atomic E-state index is 13.6. The molecule has 0 saturated carbocycles. The SMILES string of the molecule is CCCCCCN(C)C(=O)c1cc2c(cc1N1CCC(O)C1)[n+](CCO)c(CN)n2CC.O=CC(F)F. The molecular formula is C26H42F2N5O4+. The lowest BCUT2D eigenvalue weighted by Gasteiger charge is -2.24. The number of unbranched alkanes of at least 4 members (excludes halogenated alkanes) is 3. The number of benzene rings is 1. The predicted molar refractivity (Wildman–Crippen MR) is 139 cm³/mol. The standard InChI is InChI=1S/C24H40N5O3.C2H2F2O/c1-4-6-7-8-10-26(3)24(32)19-14-21-22(15-20(19)27-11-9-18(31)17-27)29(12-13-30)23(16-25)28(21)5-2;3-2(4)1-5/h14-15,18,30-31H,4-13,16-17,25H2,1-3H3;1-2H/q+1;. The molecule has 1 aromatic carbocycles. The second kappa shape index (κ2) is 14.9. The number of nitrogens with zero attached hydrogens (tertiary/aromatic N) is 4. The van der Waals surface area contributed by atoms with Gasteiger partial charge in [0.1, 0.15) is 6.54 Å². The van der Waals surface area contributed by atoms with Crippen LogP contribution in [0.4, 0.5) is 14.5 Å². The molecule has 1 amide bonds. The molecule has 208 valence electrons. The number of fused-ring (bicyclic) bond motifs is 1. The van der Waals surface area contributed by atoms with E-state index in [1.807, 2.05) is 24.1 Å². The van der Waals surface area contributed by atoms with Crippen LogP contribution in [0.15, 0.2) is 12.1 Å². The second-order valence-electron chi connectivity index (χ2n) is 9.24. The summed E-state index contributed by atoms with van der Waals surface area (Å²) in [6.07, 6.45) is 1.56. The Kier molecular flexibility index (Phi) is 12.4. The van der Waals surface area contributed by atoms with Gasteiger partial charge in [-0.3, -0.25) is 9.59 Å². The molecule has 37 heavy (non-hydrogen) atoms. The first kappa shape index (κ1) is 30.6. The minimum atomic E-state index is -2.80. The normalized spacial score (nSPS) is 15.3. The monoisotopic (exact) mass is 526 g/mol. The van der Waals surface area contributed by atoms with Crippen LogP contribution in [0.5, 0.6) is 0 Å². The van der Waals surface area contributed by atoms with Crippen molar-refractivity contribution in [1.82, 2.24) is 9.47 Å². The summed E-state index contributed by atoms with van der Waals surface area (Å²) in [5.74, 6) is 0.938. The van der Waals surface area contributed by atoms with E-state index < -0.39 is 12.7 Å². The Morgan fingerprint density at radius 1 is 1.30 bits per heavy atom. The van der Waals surface area contributed by atoms with Gasteiger partial charge < -0.3 is 25.7 Å². The average Bonchev–Trinajstić information content (AvgIpc) is 3.45. The molecule has 1 aliphatic rings. The maximum absolute atomic E-state index is 13.6. The number of aliphatic hydroxyl groups is 2. The Hall–Kier alpha value is -2.63. The fraction of sp³-hybridized carbons (Fsp3) is 0.654. The quantitative estimate of drug-likeness (QED) is 0.222. The predicted octanol–water partition coefficient (Wildman–Crippen LogP) is 2.07. The van der Waals surface area contributed by atoms with Crippen molar-refractivity contribution in [3.63, 3.8) is 0 Å². The smallest absolute Gasteiger partial charge is 0.293 e. The molecule has 11 heteroatoms. The third-order valence-corrected chi connectivity index (χ3v) is 6.65. The minimum absolute atomic E-state index is 0.00616. The van der Waals surface area contributed by atoms with Crippen LogP contribution in [-0.4, -0.2) is 77.7 Å². The van der Waals surface area contributed by atoms with E-state index >= 15 is 0 Å². The average molecular weight is 527 g/mol. The minimum Gasteiger partial charge on any atom is -0.392 e. The number of anilines is 1. The Bertz CT molecular complexity index is 1030. The first-order valence-corrected chi connectivity index (χ1v) is 13.1. The van der Waals surface area contributed by atoms with E-state index in [9.17, 15) is 23.8 Å². The highest BCUT2D eigenvalue weighted by Crippen LogP contribution is 2.31. The highest BCUT2D eigenvalue weighted by atomic mass is 19.3. The van der Waals surface area contributed by atoms with E-state index in [4.69, 9.17) is 10.5 Å². The first-order valence-electron chi connectivity index (χ1n) is 13.1. The maximum Gasteiger partial charge on any atom is 0.293 e. The summed E-state index contributed by atoms with van der Waals surface area (Å²) in [5.41, 5.74) is 9.51. The van der Waals surface area contributed by atoms with Gasteiger partial charge in [0.15, 0.2) is 17.3 Å². The number of alkyl halides is 2. The number of carbonyl (C=O) groups is 2. The van der Waals surface area contributed by atoms with Gasteiger partial charge in [0, 0.05) is 38.8 Å². The molecule has 2 heterocycles. The number of rotatable bonds is 12. The summed E-state index contributed by atoms with van der Waals surface area (Å²) >= 11 is 0. The third-order valence-electron chi connectivity index (χ3n) is 6.65. The van der Waals surface area contributed by atoms with Crippen molar-refractivity contribution in [1.29, 1.82) is 0 Å². The van der Waals surface area contributed by atoms with Crippen molar-refractivity contribution in [3.8, 4) is 0 Å². The number of aryl methyl sites for hydroxylation is 1. The largest absolute Gasteiger partial charge is 0.392 e. The molecule has 2 aromatic rings. The van der Waals surface area contributed by atoms with Crippen molar-refractivity contribution in [2.75, 3.05) is 38.2 Å². The Morgan fingerprint density at radius 3 is 2.51 bits per heavy atom.